The average molecular weight is 247 g/mol. The number of rotatable bonds is 6. The van der Waals surface area contributed by atoms with Crippen LogP contribution in [0.25, 0.3) is 0 Å². The molecule has 0 bridgehead atoms. The van der Waals surface area contributed by atoms with Crippen molar-refractivity contribution in [1.82, 2.24) is 5.32 Å². The van der Waals surface area contributed by atoms with Crippen molar-refractivity contribution in [1.29, 1.82) is 0 Å². The van der Waals surface area contributed by atoms with E-state index in [1.54, 1.807) is 0 Å². The van der Waals surface area contributed by atoms with E-state index in [-0.39, 0.29) is 12.0 Å². The minimum atomic E-state index is -0.357. The third-order valence-corrected chi connectivity index (χ3v) is 3.40. The quantitative estimate of drug-likeness (QED) is 0.785. The van der Waals surface area contributed by atoms with Gasteiger partial charge in [-0.3, -0.25) is 5.32 Å². The molecule has 0 heterocycles. The SMILES string of the molecule is COC(=O)C(NC(C)CC1CC1)c1ccccc1. The first-order chi connectivity index (χ1) is 8.70. The molecule has 2 unspecified atom stereocenters. The first kappa shape index (κ1) is 13.1. The Hall–Kier alpha value is -1.35. The van der Waals surface area contributed by atoms with Gasteiger partial charge in [0.25, 0.3) is 0 Å². The summed E-state index contributed by atoms with van der Waals surface area (Å²) in [6.45, 7) is 2.14. The van der Waals surface area contributed by atoms with Gasteiger partial charge < -0.3 is 4.74 Å². The van der Waals surface area contributed by atoms with Gasteiger partial charge in [-0.2, -0.15) is 0 Å². The van der Waals surface area contributed by atoms with Gasteiger partial charge in [0.2, 0.25) is 0 Å². The minimum absolute atomic E-state index is 0.219. The second-order valence-electron chi connectivity index (χ2n) is 5.11. The minimum Gasteiger partial charge on any atom is -0.468 e. The maximum Gasteiger partial charge on any atom is 0.327 e. The predicted molar refractivity (Wildman–Crippen MR) is 71.1 cm³/mol. The smallest absolute Gasteiger partial charge is 0.327 e. The van der Waals surface area contributed by atoms with Crippen LogP contribution in [0, 0.1) is 5.92 Å². The highest BCUT2D eigenvalue weighted by Crippen LogP contribution is 2.33. The van der Waals surface area contributed by atoms with Crippen molar-refractivity contribution in [2.75, 3.05) is 7.11 Å². The van der Waals surface area contributed by atoms with E-state index in [0.29, 0.717) is 6.04 Å². The van der Waals surface area contributed by atoms with Gasteiger partial charge in [0.1, 0.15) is 6.04 Å². The number of carbonyl (C=O) groups is 1. The van der Waals surface area contributed by atoms with Gasteiger partial charge in [-0.15, -0.1) is 0 Å². The number of benzene rings is 1. The molecular formula is C15H21NO2. The second-order valence-corrected chi connectivity index (χ2v) is 5.11. The highest BCUT2D eigenvalue weighted by Gasteiger charge is 2.27. The van der Waals surface area contributed by atoms with Crippen molar-refractivity contribution >= 4 is 5.97 Å². The molecule has 2 rings (SSSR count). The molecule has 0 amide bonds. The van der Waals surface area contributed by atoms with Crippen molar-refractivity contribution in [3.8, 4) is 0 Å². The van der Waals surface area contributed by atoms with Gasteiger partial charge in [-0.1, -0.05) is 43.2 Å². The van der Waals surface area contributed by atoms with E-state index >= 15 is 0 Å². The number of esters is 1. The first-order valence-corrected chi connectivity index (χ1v) is 6.59. The lowest BCUT2D eigenvalue weighted by Gasteiger charge is -2.21. The molecule has 0 saturated heterocycles. The molecule has 0 aliphatic heterocycles. The molecule has 1 aliphatic carbocycles. The zero-order chi connectivity index (χ0) is 13.0. The maximum atomic E-state index is 11.9. The number of nitrogens with one attached hydrogen (secondary N) is 1. The van der Waals surface area contributed by atoms with Gasteiger partial charge >= 0.3 is 5.97 Å². The molecule has 1 aromatic carbocycles. The van der Waals surface area contributed by atoms with E-state index in [1.807, 2.05) is 30.3 Å². The molecule has 0 spiro atoms. The normalized spacial score (nSPS) is 18.1. The van der Waals surface area contributed by atoms with E-state index in [0.717, 1.165) is 17.9 Å². The van der Waals surface area contributed by atoms with Crippen LogP contribution in [-0.4, -0.2) is 19.1 Å². The predicted octanol–water partition coefficient (Wildman–Crippen LogP) is 2.68. The topological polar surface area (TPSA) is 38.3 Å². The Kier molecular flexibility index (Phi) is 4.37. The van der Waals surface area contributed by atoms with Gasteiger partial charge in [0.05, 0.1) is 7.11 Å². The molecule has 0 aromatic heterocycles. The summed E-state index contributed by atoms with van der Waals surface area (Å²) >= 11 is 0. The number of methoxy groups -OCH3 is 1. The molecule has 2 atom stereocenters. The zero-order valence-corrected chi connectivity index (χ0v) is 11.1. The molecule has 3 nitrogen and oxygen atoms in total. The molecule has 18 heavy (non-hydrogen) atoms. The fourth-order valence-corrected chi connectivity index (χ4v) is 2.27. The summed E-state index contributed by atoms with van der Waals surface area (Å²) in [5.74, 6) is 0.630. The number of carbonyl (C=O) groups excluding carboxylic acids is 1. The van der Waals surface area contributed by atoms with Crippen molar-refractivity contribution in [2.24, 2.45) is 5.92 Å². The highest BCUT2D eigenvalue weighted by molar-refractivity contribution is 5.77. The van der Waals surface area contributed by atoms with Crippen LogP contribution in [0.15, 0.2) is 30.3 Å². The summed E-state index contributed by atoms with van der Waals surface area (Å²) in [5.41, 5.74) is 0.965. The molecule has 3 heteroatoms. The molecule has 1 fully saturated rings. The summed E-state index contributed by atoms with van der Waals surface area (Å²) < 4.78 is 4.89. The third kappa shape index (κ3) is 3.57. The Balaban J connectivity index is 2.02. The Morgan fingerprint density at radius 2 is 2.06 bits per heavy atom. The van der Waals surface area contributed by atoms with Crippen LogP contribution in [-0.2, 0) is 9.53 Å². The van der Waals surface area contributed by atoms with Crippen molar-refractivity contribution in [3.63, 3.8) is 0 Å². The largest absolute Gasteiger partial charge is 0.468 e. The first-order valence-electron chi connectivity index (χ1n) is 6.59. The van der Waals surface area contributed by atoms with Crippen LogP contribution in [0.5, 0.6) is 0 Å². The summed E-state index contributed by atoms with van der Waals surface area (Å²) in [5, 5.41) is 3.38. The van der Waals surface area contributed by atoms with Gasteiger partial charge in [-0.05, 0) is 24.8 Å². The Bertz CT molecular complexity index is 387. The number of hydrogen-bond acceptors (Lipinski definition) is 3. The van der Waals surface area contributed by atoms with Crippen molar-refractivity contribution in [3.05, 3.63) is 35.9 Å². The Morgan fingerprint density at radius 3 is 2.61 bits per heavy atom. The molecule has 1 aromatic rings. The van der Waals surface area contributed by atoms with Crippen LogP contribution in [0.3, 0.4) is 0 Å². The number of ether oxygens (including phenoxy) is 1. The lowest BCUT2D eigenvalue weighted by Crippen LogP contribution is -2.36. The van der Waals surface area contributed by atoms with E-state index in [2.05, 4.69) is 12.2 Å². The lowest BCUT2D eigenvalue weighted by atomic mass is 10.0. The van der Waals surface area contributed by atoms with Gasteiger partial charge in [-0.25, -0.2) is 4.79 Å². The van der Waals surface area contributed by atoms with Gasteiger partial charge in [0.15, 0.2) is 0 Å². The maximum absolute atomic E-state index is 11.9. The summed E-state index contributed by atoms with van der Waals surface area (Å²) in [7, 11) is 1.44. The number of hydrogen-bond donors (Lipinski definition) is 1. The summed E-state index contributed by atoms with van der Waals surface area (Å²) in [6, 6.07) is 9.73. The Morgan fingerprint density at radius 1 is 1.39 bits per heavy atom. The summed E-state index contributed by atoms with van der Waals surface area (Å²) in [4.78, 5) is 11.9. The van der Waals surface area contributed by atoms with Gasteiger partial charge in [0, 0.05) is 6.04 Å². The fourth-order valence-electron chi connectivity index (χ4n) is 2.27. The average Bonchev–Trinajstić information content (AvgIpc) is 3.20. The van der Waals surface area contributed by atoms with E-state index in [4.69, 9.17) is 4.74 Å². The summed E-state index contributed by atoms with van der Waals surface area (Å²) in [6.07, 6.45) is 3.81. The van der Waals surface area contributed by atoms with E-state index in [1.165, 1.54) is 20.0 Å². The van der Waals surface area contributed by atoms with Crippen LogP contribution < -0.4 is 5.32 Å². The van der Waals surface area contributed by atoms with Crippen LogP contribution in [0.2, 0.25) is 0 Å². The molecule has 1 aliphatic rings. The molecule has 0 radical (unpaired) electrons. The highest BCUT2D eigenvalue weighted by atomic mass is 16.5. The monoisotopic (exact) mass is 247 g/mol. The fraction of sp³-hybridized carbons (Fsp3) is 0.533. The van der Waals surface area contributed by atoms with Crippen LogP contribution in [0.1, 0.15) is 37.8 Å². The molecule has 1 saturated carbocycles. The lowest BCUT2D eigenvalue weighted by molar-refractivity contribution is -0.143. The molecule has 1 N–H and O–H groups in total. The molecular weight excluding hydrogens is 226 g/mol. The standard InChI is InChI=1S/C15H21NO2/c1-11(10-12-8-9-12)16-14(15(17)18-2)13-6-4-3-5-7-13/h3-7,11-12,14,16H,8-10H2,1-2H3. The van der Waals surface area contributed by atoms with Crippen LogP contribution in [0.4, 0.5) is 0 Å². The van der Waals surface area contributed by atoms with Crippen molar-refractivity contribution < 1.29 is 9.53 Å². The van der Waals surface area contributed by atoms with E-state index in [9.17, 15) is 4.79 Å². The van der Waals surface area contributed by atoms with Crippen LogP contribution >= 0.6 is 0 Å². The van der Waals surface area contributed by atoms with Crippen molar-refractivity contribution in [2.45, 2.75) is 38.3 Å². The third-order valence-electron chi connectivity index (χ3n) is 3.40. The Labute approximate surface area is 109 Å². The molecule has 98 valence electrons. The van der Waals surface area contributed by atoms with E-state index < -0.39 is 0 Å². The second kappa shape index (κ2) is 6.01. The zero-order valence-electron chi connectivity index (χ0n) is 11.1.